The molecule has 1 aliphatic heterocycles. The lowest BCUT2D eigenvalue weighted by Crippen LogP contribution is -2.40. The Hall–Kier alpha value is -2.21. The van der Waals surface area contributed by atoms with Crippen molar-refractivity contribution in [3.05, 3.63) is 34.9 Å². The third-order valence-electron chi connectivity index (χ3n) is 4.77. The molecule has 1 fully saturated rings. The second-order valence-corrected chi connectivity index (χ2v) is 6.59. The van der Waals surface area contributed by atoms with Crippen molar-refractivity contribution in [2.75, 3.05) is 6.61 Å². The van der Waals surface area contributed by atoms with Crippen LogP contribution in [0.4, 0.5) is 0 Å². The molecule has 1 aromatic rings. The van der Waals surface area contributed by atoms with Crippen molar-refractivity contribution < 1.29 is 19.5 Å². The number of aliphatic hydroxyl groups excluding tert-OH is 1. The van der Waals surface area contributed by atoms with Crippen molar-refractivity contribution in [3.63, 3.8) is 0 Å². The van der Waals surface area contributed by atoms with Crippen LogP contribution in [-0.4, -0.2) is 46.4 Å². The Bertz CT molecular complexity index is 680. The highest BCUT2D eigenvalue weighted by atomic mass is 16.3. The molecule has 128 valence electrons. The van der Waals surface area contributed by atoms with E-state index in [1.54, 1.807) is 19.1 Å². The maximum Gasteiger partial charge on any atom is 0.261 e. The molecular formula is C18H22N2O4. The van der Waals surface area contributed by atoms with E-state index in [0.717, 1.165) is 32.1 Å². The maximum atomic E-state index is 12.7. The lowest BCUT2D eigenvalue weighted by atomic mass is 9.94. The lowest BCUT2D eigenvalue weighted by molar-refractivity contribution is 0.0549. The topological polar surface area (TPSA) is 86.7 Å². The summed E-state index contributed by atoms with van der Waals surface area (Å²) in [6.45, 7) is 1.52. The Kier molecular flexibility index (Phi) is 4.66. The Morgan fingerprint density at radius 3 is 2.54 bits per heavy atom. The number of carbonyl (C=O) groups is 3. The molecule has 6 heteroatoms. The van der Waals surface area contributed by atoms with E-state index in [2.05, 4.69) is 5.32 Å². The Morgan fingerprint density at radius 2 is 1.88 bits per heavy atom. The van der Waals surface area contributed by atoms with Crippen molar-refractivity contribution in [1.82, 2.24) is 10.2 Å². The van der Waals surface area contributed by atoms with E-state index in [1.807, 2.05) is 0 Å². The molecule has 6 nitrogen and oxygen atoms in total. The average Bonchev–Trinajstić information content (AvgIpc) is 2.86. The van der Waals surface area contributed by atoms with Crippen molar-refractivity contribution in [2.45, 2.75) is 51.1 Å². The molecule has 0 saturated heterocycles. The van der Waals surface area contributed by atoms with Crippen LogP contribution in [0.15, 0.2) is 18.2 Å². The summed E-state index contributed by atoms with van der Waals surface area (Å²) in [5.74, 6) is -0.917. The minimum Gasteiger partial charge on any atom is -0.394 e. The quantitative estimate of drug-likeness (QED) is 0.823. The first-order valence-electron chi connectivity index (χ1n) is 8.46. The van der Waals surface area contributed by atoms with Gasteiger partial charge in [-0.2, -0.15) is 0 Å². The smallest absolute Gasteiger partial charge is 0.261 e. The van der Waals surface area contributed by atoms with Gasteiger partial charge in [-0.05, 0) is 38.0 Å². The highest BCUT2D eigenvalue weighted by Gasteiger charge is 2.40. The van der Waals surface area contributed by atoms with E-state index < -0.39 is 0 Å². The van der Waals surface area contributed by atoms with Crippen LogP contribution in [0.25, 0.3) is 0 Å². The van der Waals surface area contributed by atoms with Gasteiger partial charge in [-0.3, -0.25) is 19.3 Å². The fourth-order valence-corrected chi connectivity index (χ4v) is 3.42. The van der Waals surface area contributed by atoms with Crippen molar-refractivity contribution in [3.8, 4) is 0 Å². The molecule has 3 rings (SSSR count). The van der Waals surface area contributed by atoms with Crippen LogP contribution < -0.4 is 5.32 Å². The number of nitrogens with zero attached hydrogens (tertiary/aromatic N) is 1. The molecular weight excluding hydrogens is 308 g/mol. The van der Waals surface area contributed by atoms with Gasteiger partial charge in [0, 0.05) is 17.6 Å². The molecule has 24 heavy (non-hydrogen) atoms. The van der Waals surface area contributed by atoms with E-state index in [0.29, 0.717) is 16.7 Å². The van der Waals surface area contributed by atoms with Crippen LogP contribution in [0.1, 0.15) is 70.1 Å². The predicted molar refractivity (Wildman–Crippen MR) is 87.8 cm³/mol. The number of hydrogen-bond donors (Lipinski definition) is 2. The van der Waals surface area contributed by atoms with E-state index in [1.165, 1.54) is 11.0 Å². The standard InChI is InChI=1S/C18H22N2O4/c1-11(10-21)19-16(22)12-7-8-14-15(9-12)18(24)20(17(14)23)13-5-3-2-4-6-13/h7-9,11,13,21H,2-6,10H2,1H3,(H,19,22). The molecule has 0 radical (unpaired) electrons. The number of amides is 3. The third kappa shape index (κ3) is 2.94. The fraction of sp³-hybridized carbons (Fsp3) is 0.500. The monoisotopic (exact) mass is 330 g/mol. The second kappa shape index (κ2) is 6.73. The SMILES string of the molecule is CC(CO)NC(=O)c1ccc2c(c1)C(=O)N(C1CCCCC1)C2=O. The van der Waals surface area contributed by atoms with Crippen LogP contribution >= 0.6 is 0 Å². The number of benzene rings is 1. The number of carbonyl (C=O) groups excluding carboxylic acids is 3. The largest absolute Gasteiger partial charge is 0.394 e. The van der Waals surface area contributed by atoms with Gasteiger partial charge < -0.3 is 10.4 Å². The maximum absolute atomic E-state index is 12.7. The number of imide groups is 1. The van der Waals surface area contributed by atoms with Gasteiger partial charge in [-0.1, -0.05) is 19.3 Å². The third-order valence-corrected chi connectivity index (χ3v) is 4.77. The van der Waals surface area contributed by atoms with Crippen molar-refractivity contribution in [1.29, 1.82) is 0 Å². The van der Waals surface area contributed by atoms with Gasteiger partial charge in [0.15, 0.2) is 0 Å². The van der Waals surface area contributed by atoms with Gasteiger partial charge in [-0.15, -0.1) is 0 Å². The van der Waals surface area contributed by atoms with Gasteiger partial charge in [0.25, 0.3) is 17.7 Å². The summed E-state index contributed by atoms with van der Waals surface area (Å²) >= 11 is 0. The van der Waals surface area contributed by atoms with E-state index in [9.17, 15) is 14.4 Å². The number of hydrogen-bond acceptors (Lipinski definition) is 4. The summed E-state index contributed by atoms with van der Waals surface area (Å²) in [6.07, 6.45) is 4.92. The Balaban J connectivity index is 1.84. The highest BCUT2D eigenvalue weighted by molar-refractivity contribution is 6.22. The minimum absolute atomic E-state index is 0.0298. The lowest BCUT2D eigenvalue weighted by Gasteiger charge is -2.29. The van der Waals surface area contributed by atoms with Crippen LogP contribution in [0.5, 0.6) is 0 Å². The molecule has 0 bridgehead atoms. The molecule has 0 spiro atoms. The van der Waals surface area contributed by atoms with Gasteiger partial charge in [0.1, 0.15) is 0 Å². The summed E-state index contributed by atoms with van der Waals surface area (Å²) < 4.78 is 0. The van der Waals surface area contributed by atoms with Gasteiger partial charge >= 0.3 is 0 Å². The van der Waals surface area contributed by atoms with Gasteiger partial charge in [0.05, 0.1) is 17.7 Å². The molecule has 0 aromatic heterocycles. The molecule has 1 heterocycles. The van der Waals surface area contributed by atoms with Crippen LogP contribution in [-0.2, 0) is 0 Å². The van der Waals surface area contributed by atoms with Gasteiger partial charge in [0.2, 0.25) is 0 Å². The Morgan fingerprint density at radius 1 is 1.21 bits per heavy atom. The first-order valence-corrected chi connectivity index (χ1v) is 8.46. The summed E-state index contributed by atoms with van der Waals surface area (Å²) in [6, 6.07) is 4.18. The molecule has 1 aliphatic carbocycles. The zero-order valence-electron chi connectivity index (χ0n) is 13.7. The first kappa shape index (κ1) is 16.6. The summed E-state index contributed by atoms with van der Waals surface area (Å²) in [7, 11) is 0. The summed E-state index contributed by atoms with van der Waals surface area (Å²) in [4.78, 5) is 38.8. The minimum atomic E-state index is -0.373. The van der Waals surface area contributed by atoms with Crippen LogP contribution in [0.3, 0.4) is 0 Å². The van der Waals surface area contributed by atoms with E-state index >= 15 is 0 Å². The molecule has 2 N–H and O–H groups in total. The van der Waals surface area contributed by atoms with Crippen molar-refractivity contribution in [2.24, 2.45) is 0 Å². The van der Waals surface area contributed by atoms with Gasteiger partial charge in [-0.25, -0.2) is 0 Å². The van der Waals surface area contributed by atoms with Crippen LogP contribution in [0, 0.1) is 0 Å². The number of fused-ring (bicyclic) bond motifs is 1. The van der Waals surface area contributed by atoms with Crippen LogP contribution in [0.2, 0.25) is 0 Å². The average molecular weight is 330 g/mol. The Labute approximate surface area is 140 Å². The zero-order valence-corrected chi connectivity index (χ0v) is 13.7. The van der Waals surface area contributed by atoms with E-state index in [-0.39, 0.29) is 36.4 Å². The summed E-state index contributed by atoms with van der Waals surface area (Å²) in [5.41, 5.74) is 0.993. The molecule has 1 saturated carbocycles. The predicted octanol–water partition coefficient (Wildman–Crippen LogP) is 1.73. The molecule has 1 unspecified atom stereocenters. The normalized spacial score (nSPS) is 19.3. The summed E-state index contributed by atoms with van der Waals surface area (Å²) in [5, 5.41) is 11.7. The van der Waals surface area contributed by atoms with E-state index in [4.69, 9.17) is 5.11 Å². The number of nitrogens with one attached hydrogen (secondary N) is 1. The highest BCUT2D eigenvalue weighted by Crippen LogP contribution is 2.31. The molecule has 3 amide bonds. The molecule has 1 aromatic carbocycles. The number of aliphatic hydroxyl groups is 1. The molecule has 1 atom stereocenters. The fourth-order valence-electron chi connectivity index (χ4n) is 3.42. The zero-order chi connectivity index (χ0) is 17.3. The first-order chi connectivity index (χ1) is 11.5. The van der Waals surface area contributed by atoms with Crippen molar-refractivity contribution >= 4 is 17.7 Å². The number of rotatable bonds is 4. The second-order valence-electron chi connectivity index (χ2n) is 6.59. The molecule has 2 aliphatic rings.